The van der Waals surface area contributed by atoms with Gasteiger partial charge in [0.25, 0.3) is 0 Å². The molecule has 0 spiro atoms. The average molecular weight is 305 g/mol. The molecular formula is C17H23NO4. The predicted molar refractivity (Wildman–Crippen MR) is 84.2 cm³/mol. The van der Waals surface area contributed by atoms with Crippen molar-refractivity contribution in [2.24, 2.45) is 5.92 Å². The van der Waals surface area contributed by atoms with Crippen molar-refractivity contribution in [1.29, 1.82) is 0 Å². The quantitative estimate of drug-likeness (QED) is 0.646. The first-order valence-corrected chi connectivity index (χ1v) is 7.86. The summed E-state index contributed by atoms with van der Waals surface area (Å²) in [6.45, 7) is 3.98. The molecule has 5 heteroatoms. The van der Waals surface area contributed by atoms with E-state index in [0.29, 0.717) is 25.0 Å². The van der Waals surface area contributed by atoms with E-state index in [1.807, 2.05) is 12.1 Å². The van der Waals surface area contributed by atoms with E-state index in [1.54, 1.807) is 12.1 Å². The van der Waals surface area contributed by atoms with Gasteiger partial charge in [-0.1, -0.05) is 13.3 Å². The van der Waals surface area contributed by atoms with E-state index < -0.39 is 5.97 Å². The summed E-state index contributed by atoms with van der Waals surface area (Å²) in [5.41, 5.74) is 1.58. The number of carboxylic acids is 1. The highest BCUT2D eigenvalue weighted by Crippen LogP contribution is 2.23. The molecule has 1 aromatic carbocycles. The third-order valence-corrected chi connectivity index (χ3v) is 4.04. The normalized spacial score (nSPS) is 15.6. The maximum atomic E-state index is 11.8. The SMILES string of the molecule is CCCCOC(=O)c1ccc(N2CCC(C(=O)O)CC2)cc1. The molecule has 0 aliphatic carbocycles. The number of hydrogen-bond donors (Lipinski definition) is 1. The van der Waals surface area contributed by atoms with Crippen molar-refractivity contribution in [3.05, 3.63) is 29.8 Å². The molecule has 0 saturated carbocycles. The number of rotatable bonds is 6. The lowest BCUT2D eigenvalue weighted by atomic mass is 9.96. The summed E-state index contributed by atoms with van der Waals surface area (Å²) in [5, 5.41) is 9.01. The van der Waals surface area contributed by atoms with E-state index in [-0.39, 0.29) is 11.9 Å². The molecule has 0 atom stereocenters. The van der Waals surface area contributed by atoms with Gasteiger partial charge in [0.15, 0.2) is 0 Å². The van der Waals surface area contributed by atoms with Gasteiger partial charge >= 0.3 is 11.9 Å². The predicted octanol–water partition coefficient (Wildman–Crippen LogP) is 2.94. The van der Waals surface area contributed by atoms with Gasteiger partial charge in [-0.2, -0.15) is 0 Å². The molecule has 120 valence electrons. The minimum absolute atomic E-state index is 0.232. The van der Waals surface area contributed by atoms with Crippen LogP contribution < -0.4 is 4.90 Å². The van der Waals surface area contributed by atoms with Crippen molar-refractivity contribution >= 4 is 17.6 Å². The molecule has 22 heavy (non-hydrogen) atoms. The molecule has 0 bridgehead atoms. The largest absolute Gasteiger partial charge is 0.481 e. The summed E-state index contributed by atoms with van der Waals surface area (Å²) < 4.78 is 5.18. The Labute approximate surface area is 130 Å². The van der Waals surface area contributed by atoms with Crippen LogP contribution in [0, 0.1) is 5.92 Å². The van der Waals surface area contributed by atoms with Crippen LogP contribution in [0.2, 0.25) is 0 Å². The zero-order valence-electron chi connectivity index (χ0n) is 13.0. The lowest BCUT2D eigenvalue weighted by molar-refractivity contribution is -0.142. The van der Waals surface area contributed by atoms with Crippen LogP contribution in [0.25, 0.3) is 0 Å². The van der Waals surface area contributed by atoms with Crippen molar-refractivity contribution in [3.63, 3.8) is 0 Å². The number of anilines is 1. The Morgan fingerprint density at radius 2 is 1.86 bits per heavy atom. The van der Waals surface area contributed by atoms with E-state index in [9.17, 15) is 9.59 Å². The van der Waals surface area contributed by atoms with Gasteiger partial charge in [-0.05, 0) is 43.5 Å². The number of esters is 1. The molecule has 1 aromatic rings. The first-order chi connectivity index (χ1) is 10.6. The minimum atomic E-state index is -0.704. The zero-order valence-corrected chi connectivity index (χ0v) is 13.0. The van der Waals surface area contributed by atoms with Crippen LogP contribution >= 0.6 is 0 Å². The average Bonchev–Trinajstić information content (AvgIpc) is 2.55. The fourth-order valence-electron chi connectivity index (χ4n) is 2.59. The maximum absolute atomic E-state index is 11.8. The molecule has 1 heterocycles. The van der Waals surface area contributed by atoms with Gasteiger partial charge in [0.1, 0.15) is 0 Å². The third kappa shape index (κ3) is 4.23. The highest BCUT2D eigenvalue weighted by molar-refractivity contribution is 5.89. The van der Waals surface area contributed by atoms with Crippen LogP contribution in [0.3, 0.4) is 0 Å². The number of nitrogens with zero attached hydrogens (tertiary/aromatic N) is 1. The molecule has 1 N–H and O–H groups in total. The molecule has 0 unspecified atom stereocenters. The molecule has 0 amide bonds. The van der Waals surface area contributed by atoms with Crippen LogP contribution in [-0.4, -0.2) is 36.7 Å². The second kappa shape index (κ2) is 7.82. The van der Waals surface area contributed by atoms with Gasteiger partial charge in [0, 0.05) is 18.8 Å². The van der Waals surface area contributed by atoms with Crippen molar-refractivity contribution in [1.82, 2.24) is 0 Å². The van der Waals surface area contributed by atoms with E-state index in [2.05, 4.69) is 11.8 Å². The smallest absolute Gasteiger partial charge is 0.338 e. The Bertz CT molecular complexity index is 504. The van der Waals surface area contributed by atoms with Crippen molar-refractivity contribution in [2.45, 2.75) is 32.6 Å². The Kier molecular flexibility index (Phi) is 5.81. The fourth-order valence-corrected chi connectivity index (χ4v) is 2.59. The Balaban J connectivity index is 1.89. The Morgan fingerprint density at radius 1 is 1.23 bits per heavy atom. The first-order valence-electron chi connectivity index (χ1n) is 7.86. The first kappa shape index (κ1) is 16.3. The molecule has 1 aliphatic rings. The van der Waals surface area contributed by atoms with Gasteiger partial charge in [-0.15, -0.1) is 0 Å². The van der Waals surface area contributed by atoms with Gasteiger partial charge < -0.3 is 14.7 Å². The van der Waals surface area contributed by atoms with E-state index in [4.69, 9.17) is 9.84 Å². The van der Waals surface area contributed by atoms with Crippen LogP contribution in [-0.2, 0) is 9.53 Å². The molecule has 0 radical (unpaired) electrons. The number of benzene rings is 1. The minimum Gasteiger partial charge on any atom is -0.481 e. The van der Waals surface area contributed by atoms with Crippen LogP contribution in [0.1, 0.15) is 43.0 Å². The number of piperidine rings is 1. The lowest BCUT2D eigenvalue weighted by Crippen LogP contribution is -2.36. The van der Waals surface area contributed by atoms with Crippen molar-refractivity contribution < 1.29 is 19.4 Å². The molecule has 5 nitrogen and oxygen atoms in total. The van der Waals surface area contributed by atoms with Gasteiger partial charge in [0.05, 0.1) is 18.1 Å². The molecule has 1 fully saturated rings. The summed E-state index contributed by atoms with van der Waals surface area (Å²) in [6, 6.07) is 7.34. The number of carbonyl (C=O) groups is 2. The Morgan fingerprint density at radius 3 is 2.41 bits per heavy atom. The van der Waals surface area contributed by atoms with E-state index in [0.717, 1.165) is 31.6 Å². The summed E-state index contributed by atoms with van der Waals surface area (Å²) in [6.07, 6.45) is 3.20. The van der Waals surface area contributed by atoms with Crippen molar-refractivity contribution in [2.75, 3.05) is 24.6 Å². The maximum Gasteiger partial charge on any atom is 0.338 e. The van der Waals surface area contributed by atoms with Gasteiger partial charge in [-0.3, -0.25) is 4.79 Å². The lowest BCUT2D eigenvalue weighted by Gasteiger charge is -2.32. The van der Waals surface area contributed by atoms with E-state index >= 15 is 0 Å². The van der Waals surface area contributed by atoms with Gasteiger partial charge in [0.2, 0.25) is 0 Å². The fraction of sp³-hybridized carbons (Fsp3) is 0.529. The number of carboxylic acid groups (broad SMARTS) is 1. The molecule has 2 rings (SSSR count). The summed E-state index contributed by atoms with van der Waals surface area (Å²) in [4.78, 5) is 24.9. The number of ether oxygens (including phenoxy) is 1. The second-order valence-electron chi connectivity index (χ2n) is 5.64. The van der Waals surface area contributed by atoms with Crippen LogP contribution in [0.5, 0.6) is 0 Å². The summed E-state index contributed by atoms with van der Waals surface area (Å²) in [5.74, 6) is -1.22. The Hall–Kier alpha value is -2.04. The van der Waals surface area contributed by atoms with E-state index in [1.165, 1.54) is 0 Å². The highest BCUT2D eigenvalue weighted by Gasteiger charge is 2.24. The molecular weight excluding hydrogens is 282 g/mol. The third-order valence-electron chi connectivity index (χ3n) is 4.04. The highest BCUT2D eigenvalue weighted by atomic mass is 16.5. The van der Waals surface area contributed by atoms with Gasteiger partial charge in [-0.25, -0.2) is 4.79 Å². The monoisotopic (exact) mass is 305 g/mol. The number of unbranched alkanes of at least 4 members (excludes halogenated alkanes) is 1. The number of carbonyl (C=O) groups excluding carboxylic acids is 1. The molecule has 0 aromatic heterocycles. The zero-order chi connectivity index (χ0) is 15.9. The molecule has 1 saturated heterocycles. The second-order valence-corrected chi connectivity index (χ2v) is 5.64. The van der Waals surface area contributed by atoms with Crippen LogP contribution in [0.15, 0.2) is 24.3 Å². The topological polar surface area (TPSA) is 66.8 Å². The van der Waals surface area contributed by atoms with Crippen LogP contribution in [0.4, 0.5) is 5.69 Å². The summed E-state index contributed by atoms with van der Waals surface area (Å²) >= 11 is 0. The number of hydrogen-bond acceptors (Lipinski definition) is 4. The standard InChI is InChI=1S/C17H23NO4/c1-2-3-12-22-17(21)14-4-6-15(7-5-14)18-10-8-13(9-11-18)16(19)20/h4-7,13H,2-3,8-12H2,1H3,(H,19,20). The summed E-state index contributed by atoms with van der Waals surface area (Å²) in [7, 11) is 0. The molecule has 1 aliphatic heterocycles. The number of aliphatic carboxylic acids is 1. The van der Waals surface area contributed by atoms with Crippen molar-refractivity contribution in [3.8, 4) is 0 Å².